The van der Waals surface area contributed by atoms with Crippen LogP contribution in [0.4, 0.5) is 5.69 Å². The highest BCUT2D eigenvalue weighted by Gasteiger charge is 1.72. The van der Waals surface area contributed by atoms with E-state index in [4.69, 9.17) is 5.73 Å². The van der Waals surface area contributed by atoms with E-state index in [0.717, 1.165) is 5.69 Å². The number of para-hydroxylation sites is 1. The average molecular weight is 164 g/mol. The molecular formula is C6H10ClNS. The molecule has 0 heterocycles. The first-order valence-electron chi connectivity index (χ1n) is 2.20. The molecule has 1 rings (SSSR count). The molecule has 0 radical (unpaired) electrons. The molecular weight excluding hydrogens is 154 g/mol. The third-order valence-electron chi connectivity index (χ3n) is 0.800. The summed E-state index contributed by atoms with van der Waals surface area (Å²) in [7, 11) is 0. The molecule has 0 atom stereocenters. The van der Waals surface area contributed by atoms with Crippen LogP contribution < -0.4 is 18.1 Å². The number of hydrogen-bond donors (Lipinski definition) is 1. The zero-order chi connectivity index (χ0) is 5.11. The van der Waals surface area contributed by atoms with Crippen molar-refractivity contribution in [2.24, 2.45) is 0 Å². The summed E-state index contributed by atoms with van der Waals surface area (Å²) >= 11 is 0. The zero-order valence-electron chi connectivity index (χ0n) is 4.92. The molecule has 0 spiro atoms. The summed E-state index contributed by atoms with van der Waals surface area (Å²) in [6, 6.07) is 9.49. The number of halogens is 1. The zero-order valence-corrected chi connectivity index (χ0v) is 6.83. The van der Waals surface area contributed by atoms with Gasteiger partial charge in [-0.05, 0) is 12.1 Å². The Kier molecular flexibility index (Phi) is 7.37. The van der Waals surface area contributed by atoms with Crippen molar-refractivity contribution in [2.45, 2.75) is 0 Å². The van der Waals surface area contributed by atoms with Crippen molar-refractivity contribution in [3.05, 3.63) is 30.3 Å². The van der Waals surface area contributed by atoms with E-state index in [2.05, 4.69) is 0 Å². The van der Waals surface area contributed by atoms with Gasteiger partial charge in [-0.15, -0.1) is 0 Å². The quantitative estimate of drug-likeness (QED) is 0.331. The van der Waals surface area contributed by atoms with Gasteiger partial charge in [-0.25, -0.2) is 0 Å². The van der Waals surface area contributed by atoms with Crippen molar-refractivity contribution < 1.29 is 12.4 Å². The van der Waals surface area contributed by atoms with Crippen molar-refractivity contribution in [3.63, 3.8) is 0 Å². The fourth-order valence-electron chi connectivity index (χ4n) is 0.453. The second-order valence-electron chi connectivity index (χ2n) is 1.41. The van der Waals surface area contributed by atoms with Crippen molar-refractivity contribution in [3.8, 4) is 0 Å². The highest BCUT2D eigenvalue weighted by molar-refractivity contribution is 7.37. The van der Waals surface area contributed by atoms with Crippen molar-refractivity contribution >= 4 is 19.2 Å². The van der Waals surface area contributed by atoms with Gasteiger partial charge in [0.15, 0.2) is 0 Å². The number of benzene rings is 1. The average Bonchev–Trinajstić information content (AvgIpc) is 1.69. The second kappa shape index (κ2) is 5.79. The molecule has 0 aliphatic rings. The van der Waals surface area contributed by atoms with Crippen LogP contribution in [-0.2, 0) is 13.5 Å². The Morgan fingerprint density at radius 2 is 1.44 bits per heavy atom. The summed E-state index contributed by atoms with van der Waals surface area (Å²) in [5.74, 6) is 0. The first kappa shape index (κ1) is 11.5. The normalized spacial score (nSPS) is 6.67. The molecule has 0 bridgehead atoms. The van der Waals surface area contributed by atoms with E-state index in [0.29, 0.717) is 0 Å². The smallest absolute Gasteiger partial charge is 0.0313 e. The van der Waals surface area contributed by atoms with Crippen LogP contribution in [0.25, 0.3) is 0 Å². The van der Waals surface area contributed by atoms with Crippen LogP contribution >= 0.6 is 0 Å². The molecule has 0 aliphatic heterocycles. The van der Waals surface area contributed by atoms with Crippen LogP contribution in [0.2, 0.25) is 0 Å². The topological polar surface area (TPSA) is 26.0 Å². The third-order valence-corrected chi connectivity index (χ3v) is 0.800. The van der Waals surface area contributed by atoms with E-state index in [1.165, 1.54) is 0 Å². The Morgan fingerprint density at radius 3 is 1.67 bits per heavy atom. The van der Waals surface area contributed by atoms with Gasteiger partial charge in [-0.1, -0.05) is 31.7 Å². The highest BCUT2D eigenvalue weighted by Crippen LogP contribution is 1.95. The number of nitrogen functional groups attached to an aromatic ring is 1. The van der Waals surface area contributed by atoms with Crippen molar-refractivity contribution in [2.75, 3.05) is 5.73 Å². The Morgan fingerprint density at radius 1 is 1.00 bits per heavy atom. The van der Waals surface area contributed by atoms with Gasteiger partial charge in [-0.2, -0.15) is 0 Å². The van der Waals surface area contributed by atoms with Gasteiger partial charge in [0.25, 0.3) is 0 Å². The van der Waals surface area contributed by atoms with Gasteiger partial charge in [0.2, 0.25) is 0 Å². The van der Waals surface area contributed by atoms with Gasteiger partial charge in [0.05, 0.1) is 0 Å². The lowest BCUT2D eigenvalue weighted by molar-refractivity contribution is -0.00000159. The maximum atomic E-state index is 5.36. The number of anilines is 1. The molecule has 52 valence electrons. The lowest BCUT2D eigenvalue weighted by atomic mass is 10.3. The van der Waals surface area contributed by atoms with Crippen LogP contribution in [0.1, 0.15) is 0 Å². The predicted octanol–water partition coefficient (Wildman–Crippen LogP) is -2.53. The molecule has 0 saturated carbocycles. The monoisotopic (exact) mass is 163 g/mol. The highest BCUT2D eigenvalue weighted by atomic mass is 35.5. The minimum atomic E-state index is 0. The molecule has 0 fully saturated rings. The van der Waals surface area contributed by atoms with Crippen LogP contribution in [0, 0.1) is 0 Å². The van der Waals surface area contributed by atoms with Crippen molar-refractivity contribution in [1.82, 2.24) is 0 Å². The van der Waals surface area contributed by atoms with Gasteiger partial charge in [0, 0.05) is 5.69 Å². The van der Waals surface area contributed by atoms with Crippen LogP contribution in [-0.4, -0.2) is 0 Å². The van der Waals surface area contributed by atoms with E-state index in [1.807, 2.05) is 30.3 Å². The Hall–Kier alpha value is -0.340. The third kappa shape index (κ3) is 4.18. The standard InChI is InChI=1S/C6H7N.ClH.H2S/c7-6-4-2-1-3-5-6;;/h1-5H,7H2;1H;1H2. The van der Waals surface area contributed by atoms with Crippen LogP contribution in [0.3, 0.4) is 0 Å². The largest absolute Gasteiger partial charge is 1.00 e. The summed E-state index contributed by atoms with van der Waals surface area (Å²) in [5, 5.41) is 0. The SMILES string of the molecule is Nc1ccccc1.[Cl-].[SH3+]. The summed E-state index contributed by atoms with van der Waals surface area (Å²) in [6.45, 7) is 0. The van der Waals surface area contributed by atoms with E-state index in [1.54, 1.807) is 0 Å². The molecule has 0 amide bonds. The summed E-state index contributed by atoms with van der Waals surface area (Å²) in [4.78, 5) is 0. The molecule has 2 N–H and O–H groups in total. The minimum absolute atomic E-state index is 0. The summed E-state index contributed by atoms with van der Waals surface area (Å²) < 4.78 is 0. The molecule has 1 aromatic rings. The van der Waals surface area contributed by atoms with E-state index >= 15 is 0 Å². The first-order valence-corrected chi connectivity index (χ1v) is 2.20. The molecule has 0 aromatic heterocycles. The molecule has 0 saturated heterocycles. The van der Waals surface area contributed by atoms with Crippen molar-refractivity contribution in [1.29, 1.82) is 0 Å². The van der Waals surface area contributed by atoms with E-state index < -0.39 is 0 Å². The number of rotatable bonds is 0. The fourth-order valence-corrected chi connectivity index (χ4v) is 0.453. The summed E-state index contributed by atoms with van der Waals surface area (Å²) in [6.07, 6.45) is 0. The van der Waals surface area contributed by atoms with E-state index in [-0.39, 0.29) is 25.9 Å². The molecule has 0 aliphatic carbocycles. The minimum Gasteiger partial charge on any atom is -1.00 e. The van der Waals surface area contributed by atoms with Gasteiger partial charge in [0.1, 0.15) is 0 Å². The van der Waals surface area contributed by atoms with Gasteiger partial charge < -0.3 is 18.1 Å². The Balaban J connectivity index is 0. The fraction of sp³-hybridized carbons (Fsp3) is 0. The van der Waals surface area contributed by atoms with Gasteiger partial charge in [-0.3, -0.25) is 0 Å². The first-order chi connectivity index (χ1) is 3.39. The van der Waals surface area contributed by atoms with E-state index in [9.17, 15) is 0 Å². The maximum Gasteiger partial charge on any atom is 0.0313 e. The van der Waals surface area contributed by atoms with Crippen LogP contribution in [0.15, 0.2) is 30.3 Å². The predicted molar refractivity (Wildman–Crippen MR) is 42.4 cm³/mol. The second-order valence-corrected chi connectivity index (χ2v) is 1.41. The Labute approximate surface area is 68.1 Å². The van der Waals surface area contributed by atoms with Crippen LogP contribution in [0.5, 0.6) is 0 Å². The number of nitrogens with two attached hydrogens (primary N) is 1. The molecule has 1 nitrogen and oxygen atoms in total. The number of hydrogen-bond acceptors (Lipinski definition) is 1. The lowest BCUT2D eigenvalue weighted by Gasteiger charge is -1.83. The summed E-state index contributed by atoms with van der Waals surface area (Å²) in [5.41, 5.74) is 6.18. The maximum absolute atomic E-state index is 5.36. The molecule has 9 heavy (non-hydrogen) atoms. The lowest BCUT2D eigenvalue weighted by Crippen LogP contribution is -3.00. The molecule has 1 aromatic carbocycles. The Bertz CT molecular complexity index is 143. The molecule has 0 unspecified atom stereocenters. The molecule has 3 heteroatoms. The van der Waals surface area contributed by atoms with Gasteiger partial charge >= 0.3 is 0 Å².